The van der Waals surface area contributed by atoms with Gasteiger partial charge in [0.15, 0.2) is 0 Å². The summed E-state index contributed by atoms with van der Waals surface area (Å²) in [4.78, 5) is 12.3. The number of hydrogen-bond donors (Lipinski definition) is 1. The van der Waals surface area contributed by atoms with E-state index in [1.54, 1.807) is 12.4 Å². The van der Waals surface area contributed by atoms with Gasteiger partial charge >= 0.3 is 0 Å². The van der Waals surface area contributed by atoms with Gasteiger partial charge in [0.2, 0.25) is 0 Å². The summed E-state index contributed by atoms with van der Waals surface area (Å²) in [6, 6.07) is 52.5. The minimum absolute atomic E-state index is 0.223. The van der Waals surface area contributed by atoms with E-state index in [1.165, 1.54) is 50.1 Å². The van der Waals surface area contributed by atoms with Crippen LogP contribution in [-0.2, 0) is 6.54 Å². The molecule has 7 aromatic rings. The zero-order valence-electron chi connectivity index (χ0n) is 28.2. The van der Waals surface area contributed by atoms with Gasteiger partial charge < -0.3 is 5.73 Å². The maximum atomic E-state index is 5.54. The number of aromatic nitrogens is 2. The average Bonchev–Trinajstić information content (AvgIpc) is 3.19. The summed E-state index contributed by atoms with van der Waals surface area (Å²) in [5.74, 6) is 0. The van der Waals surface area contributed by atoms with Crippen molar-refractivity contribution in [3.8, 4) is 44.5 Å². The lowest BCUT2D eigenvalue weighted by Crippen LogP contribution is -1.95. The average molecular weight is 639 g/mol. The molecule has 2 N–H and O–H groups in total. The van der Waals surface area contributed by atoms with Crippen LogP contribution in [0.25, 0.3) is 44.5 Å². The summed E-state index contributed by atoms with van der Waals surface area (Å²) in [7, 11) is 0. The number of nitrogens with zero attached hydrogens (tertiary/aromatic N) is 3. The second-order valence-corrected chi connectivity index (χ2v) is 11.7. The molecular weight excluding hydrogens is 597 g/mol. The van der Waals surface area contributed by atoms with Crippen LogP contribution in [0, 0.1) is 6.92 Å². The summed E-state index contributed by atoms with van der Waals surface area (Å²) < 4.78 is 0. The highest BCUT2D eigenvalue weighted by Gasteiger charge is 2.05. The molecule has 0 spiro atoms. The molecule has 2 aromatic heterocycles. The second kappa shape index (κ2) is 17.8. The van der Waals surface area contributed by atoms with E-state index < -0.39 is 0 Å². The Morgan fingerprint density at radius 1 is 0.531 bits per heavy atom. The maximum absolute atomic E-state index is 5.54. The number of nitrogens with two attached hydrogens (primary N) is 1. The number of aliphatic imine (C=N–C) groups is 1. The van der Waals surface area contributed by atoms with Crippen LogP contribution in [0.15, 0.2) is 181 Å². The number of benzene rings is 5. The fraction of sp³-hybridized carbons (Fsp3) is 0.0889. The van der Waals surface area contributed by atoms with Crippen LogP contribution in [0.4, 0.5) is 0 Å². The summed E-state index contributed by atoms with van der Waals surface area (Å²) in [5, 5.41) is 0. The molecule has 0 bridgehead atoms. The molecular formula is C45H42N4. The van der Waals surface area contributed by atoms with Gasteiger partial charge in [0, 0.05) is 36.9 Å². The molecule has 1 unspecified atom stereocenters. The van der Waals surface area contributed by atoms with Crippen LogP contribution in [0.1, 0.15) is 29.7 Å². The van der Waals surface area contributed by atoms with Crippen molar-refractivity contribution in [1.82, 2.24) is 9.97 Å². The van der Waals surface area contributed by atoms with Gasteiger partial charge in [0.25, 0.3) is 0 Å². The van der Waals surface area contributed by atoms with Gasteiger partial charge in [0.05, 0.1) is 6.04 Å². The topological polar surface area (TPSA) is 64.2 Å². The Morgan fingerprint density at radius 2 is 0.959 bits per heavy atom. The third-order valence-electron chi connectivity index (χ3n) is 8.14. The van der Waals surface area contributed by atoms with Crippen molar-refractivity contribution >= 4 is 6.72 Å². The van der Waals surface area contributed by atoms with Crippen LogP contribution in [-0.4, -0.2) is 16.7 Å². The number of rotatable bonds is 7. The highest BCUT2D eigenvalue weighted by atomic mass is 14.7. The third kappa shape index (κ3) is 10.0. The first-order chi connectivity index (χ1) is 24.0. The molecule has 1 atom stereocenters. The van der Waals surface area contributed by atoms with Crippen molar-refractivity contribution in [3.05, 3.63) is 193 Å². The number of aryl methyl sites for hydroxylation is 1. The van der Waals surface area contributed by atoms with Crippen molar-refractivity contribution in [1.29, 1.82) is 0 Å². The predicted octanol–water partition coefficient (Wildman–Crippen LogP) is 11.0. The lowest BCUT2D eigenvalue weighted by atomic mass is 9.96. The lowest BCUT2D eigenvalue weighted by Gasteiger charge is -2.09. The van der Waals surface area contributed by atoms with Gasteiger partial charge in [-0.3, -0.25) is 15.0 Å². The van der Waals surface area contributed by atoms with E-state index in [9.17, 15) is 0 Å². The van der Waals surface area contributed by atoms with E-state index in [-0.39, 0.29) is 6.04 Å². The summed E-state index contributed by atoms with van der Waals surface area (Å²) in [5.41, 5.74) is 18.7. The largest absolute Gasteiger partial charge is 0.326 e. The smallest absolute Gasteiger partial charge is 0.0713 e. The Bertz CT molecular complexity index is 1990. The minimum atomic E-state index is 0.223. The van der Waals surface area contributed by atoms with Gasteiger partial charge in [-0.2, -0.15) is 0 Å². The van der Waals surface area contributed by atoms with E-state index >= 15 is 0 Å². The van der Waals surface area contributed by atoms with Crippen LogP contribution >= 0.6 is 0 Å². The first-order valence-corrected chi connectivity index (χ1v) is 16.4. The molecule has 4 nitrogen and oxygen atoms in total. The molecule has 7 rings (SSSR count). The van der Waals surface area contributed by atoms with Crippen molar-refractivity contribution in [2.24, 2.45) is 10.7 Å². The fourth-order valence-corrected chi connectivity index (χ4v) is 5.34. The molecule has 49 heavy (non-hydrogen) atoms. The van der Waals surface area contributed by atoms with Gasteiger partial charge in [-0.25, -0.2) is 0 Å². The standard InChI is InChI=1S/C23H18N2.C13H13N.C9H11N/c1-17-12-22(14-23(13-17)21-5-3-11-25-16-21)19-8-6-18(7-9-19)20-4-2-10-24-15-20;14-10-11-6-8-13(9-7-11)12-4-2-1-3-5-12;1-8(10-2)9-6-4-3-5-7-9/h2-16H,1H3;1-9H,10,14H2;3-8H,2H2,1H3. The molecule has 0 aliphatic carbocycles. The van der Waals surface area contributed by atoms with Crippen LogP contribution < -0.4 is 5.73 Å². The summed E-state index contributed by atoms with van der Waals surface area (Å²) >= 11 is 0. The van der Waals surface area contributed by atoms with E-state index in [0.29, 0.717) is 6.54 Å². The van der Waals surface area contributed by atoms with Crippen molar-refractivity contribution in [2.45, 2.75) is 26.4 Å². The van der Waals surface area contributed by atoms with Crippen LogP contribution in [0.3, 0.4) is 0 Å². The predicted molar refractivity (Wildman–Crippen MR) is 207 cm³/mol. The van der Waals surface area contributed by atoms with Gasteiger partial charge in [-0.1, -0.05) is 133 Å². The molecule has 5 aromatic carbocycles. The highest BCUT2D eigenvalue weighted by molar-refractivity contribution is 5.75. The van der Waals surface area contributed by atoms with E-state index in [2.05, 4.69) is 132 Å². The number of hydrogen-bond acceptors (Lipinski definition) is 4. The molecule has 0 aliphatic heterocycles. The zero-order valence-corrected chi connectivity index (χ0v) is 28.2. The molecule has 0 saturated carbocycles. The van der Waals surface area contributed by atoms with Crippen molar-refractivity contribution in [3.63, 3.8) is 0 Å². The first kappa shape index (κ1) is 34.4. The maximum Gasteiger partial charge on any atom is 0.0713 e. The Hall–Kier alpha value is -5.97. The van der Waals surface area contributed by atoms with E-state index in [0.717, 1.165) is 11.1 Å². The molecule has 242 valence electrons. The monoisotopic (exact) mass is 638 g/mol. The Kier molecular flexibility index (Phi) is 12.5. The van der Waals surface area contributed by atoms with Crippen molar-refractivity contribution < 1.29 is 0 Å². The number of pyridine rings is 2. The molecule has 0 radical (unpaired) electrons. The Morgan fingerprint density at radius 3 is 1.47 bits per heavy atom. The van der Waals surface area contributed by atoms with Crippen molar-refractivity contribution in [2.75, 3.05) is 0 Å². The van der Waals surface area contributed by atoms with Crippen LogP contribution in [0.5, 0.6) is 0 Å². The zero-order chi connectivity index (χ0) is 34.3. The van der Waals surface area contributed by atoms with Gasteiger partial charge in [0.1, 0.15) is 0 Å². The van der Waals surface area contributed by atoms with E-state index in [4.69, 9.17) is 5.73 Å². The normalized spacial score (nSPS) is 10.8. The van der Waals surface area contributed by atoms with Gasteiger partial charge in [-0.15, -0.1) is 0 Å². The molecule has 0 amide bonds. The quantitative estimate of drug-likeness (QED) is 0.177. The molecule has 0 fully saturated rings. The molecule has 2 heterocycles. The van der Waals surface area contributed by atoms with E-state index in [1.807, 2.05) is 67.8 Å². The minimum Gasteiger partial charge on any atom is -0.326 e. The molecule has 0 aliphatic rings. The molecule has 0 saturated heterocycles. The lowest BCUT2D eigenvalue weighted by molar-refractivity contribution is 0.828. The Labute approximate surface area is 290 Å². The second-order valence-electron chi connectivity index (χ2n) is 11.7. The van der Waals surface area contributed by atoms with Crippen LogP contribution in [0.2, 0.25) is 0 Å². The third-order valence-corrected chi connectivity index (χ3v) is 8.14. The summed E-state index contributed by atoms with van der Waals surface area (Å²) in [6.07, 6.45) is 7.40. The highest BCUT2D eigenvalue weighted by Crippen LogP contribution is 2.29. The first-order valence-electron chi connectivity index (χ1n) is 16.4. The SMILES string of the molecule is C=NC(C)c1ccccc1.Cc1cc(-c2ccc(-c3cccnc3)cc2)cc(-c2cccnc2)c1.NCc1ccc(-c2ccccc2)cc1. The molecule has 4 heteroatoms. The fourth-order valence-electron chi connectivity index (χ4n) is 5.34. The summed E-state index contributed by atoms with van der Waals surface area (Å²) in [6.45, 7) is 8.26. The Balaban J connectivity index is 0.000000164. The van der Waals surface area contributed by atoms with Gasteiger partial charge in [-0.05, 0) is 94.4 Å².